The number of aliphatic hydroxyl groups is 1. The van der Waals surface area contributed by atoms with E-state index in [1.165, 1.54) is 11.1 Å². The highest BCUT2D eigenvalue weighted by molar-refractivity contribution is 5.60. The van der Waals surface area contributed by atoms with Crippen LogP contribution in [0.5, 0.6) is 0 Å². The van der Waals surface area contributed by atoms with Crippen LogP contribution in [0, 0.1) is 0 Å². The van der Waals surface area contributed by atoms with Crippen LogP contribution in [0.15, 0.2) is 54.9 Å². The Kier molecular flexibility index (Phi) is 5.39. The van der Waals surface area contributed by atoms with Gasteiger partial charge in [0.2, 0.25) is 0 Å². The maximum Gasteiger partial charge on any atom is 0.161 e. The van der Waals surface area contributed by atoms with E-state index in [0.717, 1.165) is 55.1 Å². The number of aryl methyl sites for hydroxylation is 1. The van der Waals surface area contributed by atoms with Gasteiger partial charge in [-0.2, -0.15) is 0 Å². The fourth-order valence-electron chi connectivity index (χ4n) is 3.70. The Labute approximate surface area is 159 Å². The molecule has 0 amide bonds. The van der Waals surface area contributed by atoms with Crippen LogP contribution in [0.4, 0.5) is 5.82 Å². The summed E-state index contributed by atoms with van der Waals surface area (Å²) in [5.74, 6) is 1.93. The summed E-state index contributed by atoms with van der Waals surface area (Å²) in [6.07, 6.45) is 7.41. The van der Waals surface area contributed by atoms with E-state index in [9.17, 15) is 5.11 Å². The monoisotopic (exact) mass is 360 g/mol. The Morgan fingerprint density at radius 1 is 1.00 bits per heavy atom. The summed E-state index contributed by atoms with van der Waals surface area (Å²) in [7, 11) is 0. The van der Waals surface area contributed by atoms with Gasteiger partial charge in [0, 0.05) is 48.3 Å². The van der Waals surface area contributed by atoms with Crippen LogP contribution in [0.3, 0.4) is 0 Å². The third-order valence-corrected chi connectivity index (χ3v) is 5.14. The van der Waals surface area contributed by atoms with Crippen molar-refractivity contribution in [2.24, 2.45) is 0 Å². The van der Waals surface area contributed by atoms with E-state index in [0.29, 0.717) is 0 Å². The van der Waals surface area contributed by atoms with Gasteiger partial charge in [0.25, 0.3) is 0 Å². The fraction of sp³-hybridized carbons (Fsp3) is 0.318. The highest BCUT2D eigenvalue weighted by Crippen LogP contribution is 2.30. The van der Waals surface area contributed by atoms with Crippen LogP contribution >= 0.6 is 0 Å². The summed E-state index contributed by atoms with van der Waals surface area (Å²) in [5.41, 5.74) is 4.61. The van der Waals surface area contributed by atoms with Crippen molar-refractivity contribution in [3.63, 3.8) is 0 Å². The first-order valence-corrected chi connectivity index (χ1v) is 9.55. The van der Waals surface area contributed by atoms with Crippen molar-refractivity contribution in [3.05, 3.63) is 71.7 Å². The SMILES string of the molecule is OCCC(CNc1nc(-c2ccncc2)nc2c1CCC2)c1ccccc1. The fourth-order valence-corrected chi connectivity index (χ4v) is 3.70. The third kappa shape index (κ3) is 3.98. The molecule has 1 aromatic carbocycles. The number of nitrogens with zero attached hydrogens (tertiary/aromatic N) is 3. The number of aliphatic hydroxyl groups excluding tert-OH is 1. The predicted molar refractivity (Wildman–Crippen MR) is 107 cm³/mol. The molecule has 2 N–H and O–H groups in total. The van der Waals surface area contributed by atoms with Gasteiger partial charge in [-0.25, -0.2) is 9.97 Å². The number of anilines is 1. The molecule has 0 saturated heterocycles. The van der Waals surface area contributed by atoms with Gasteiger partial charge in [0.1, 0.15) is 5.82 Å². The molecule has 3 aromatic rings. The second kappa shape index (κ2) is 8.27. The average molecular weight is 360 g/mol. The maximum atomic E-state index is 9.48. The highest BCUT2D eigenvalue weighted by Gasteiger charge is 2.21. The normalized spacial score (nSPS) is 14.0. The molecule has 0 aliphatic heterocycles. The molecule has 5 nitrogen and oxygen atoms in total. The van der Waals surface area contributed by atoms with Gasteiger partial charge < -0.3 is 10.4 Å². The Hall–Kier alpha value is -2.79. The largest absolute Gasteiger partial charge is 0.396 e. The van der Waals surface area contributed by atoms with Gasteiger partial charge in [-0.15, -0.1) is 0 Å². The lowest BCUT2D eigenvalue weighted by atomic mass is 9.96. The van der Waals surface area contributed by atoms with Crippen LogP contribution < -0.4 is 5.32 Å². The Bertz CT molecular complexity index is 884. The standard InChI is InChI=1S/C22H24N4O/c27-14-11-18(16-5-2-1-3-6-16)15-24-22-19-7-4-8-20(19)25-21(26-22)17-9-12-23-13-10-17/h1-3,5-6,9-10,12-13,18,27H,4,7-8,11,14-15H2,(H,24,25,26). The molecule has 1 aliphatic carbocycles. The molecule has 27 heavy (non-hydrogen) atoms. The Morgan fingerprint density at radius 3 is 2.59 bits per heavy atom. The molecule has 4 rings (SSSR count). The van der Waals surface area contributed by atoms with Gasteiger partial charge in [0.05, 0.1) is 0 Å². The number of hydrogen-bond donors (Lipinski definition) is 2. The molecular weight excluding hydrogens is 336 g/mol. The summed E-state index contributed by atoms with van der Waals surface area (Å²) in [4.78, 5) is 13.7. The average Bonchev–Trinajstić information content (AvgIpc) is 3.21. The van der Waals surface area contributed by atoms with Gasteiger partial charge >= 0.3 is 0 Å². The van der Waals surface area contributed by atoms with E-state index in [2.05, 4.69) is 22.4 Å². The summed E-state index contributed by atoms with van der Waals surface area (Å²) in [6.45, 7) is 0.912. The minimum absolute atomic E-state index is 0.172. The Morgan fingerprint density at radius 2 is 1.81 bits per heavy atom. The van der Waals surface area contributed by atoms with E-state index < -0.39 is 0 Å². The van der Waals surface area contributed by atoms with E-state index in [-0.39, 0.29) is 12.5 Å². The van der Waals surface area contributed by atoms with Crippen molar-refractivity contribution in [1.29, 1.82) is 0 Å². The van der Waals surface area contributed by atoms with Gasteiger partial charge in [-0.3, -0.25) is 4.98 Å². The zero-order valence-corrected chi connectivity index (χ0v) is 15.3. The van der Waals surface area contributed by atoms with Crippen LogP contribution in [-0.4, -0.2) is 33.2 Å². The van der Waals surface area contributed by atoms with Crippen molar-refractivity contribution in [2.75, 3.05) is 18.5 Å². The second-order valence-corrected chi connectivity index (χ2v) is 6.91. The zero-order chi connectivity index (χ0) is 18.5. The van der Waals surface area contributed by atoms with Crippen molar-refractivity contribution in [1.82, 2.24) is 15.0 Å². The van der Waals surface area contributed by atoms with Gasteiger partial charge in [0.15, 0.2) is 5.82 Å². The summed E-state index contributed by atoms with van der Waals surface area (Å²) in [6, 6.07) is 14.2. The maximum absolute atomic E-state index is 9.48. The second-order valence-electron chi connectivity index (χ2n) is 6.91. The number of benzene rings is 1. The number of nitrogens with one attached hydrogen (secondary N) is 1. The first kappa shape index (κ1) is 17.6. The molecular formula is C22H24N4O. The van der Waals surface area contributed by atoms with Crippen molar-refractivity contribution < 1.29 is 5.11 Å². The van der Waals surface area contributed by atoms with Crippen LogP contribution in [0.2, 0.25) is 0 Å². The Balaban J connectivity index is 1.60. The minimum atomic E-state index is 0.172. The molecule has 138 valence electrons. The van der Waals surface area contributed by atoms with E-state index >= 15 is 0 Å². The molecule has 5 heteroatoms. The lowest BCUT2D eigenvalue weighted by molar-refractivity contribution is 0.277. The number of pyridine rings is 1. The quantitative estimate of drug-likeness (QED) is 0.673. The van der Waals surface area contributed by atoms with E-state index in [4.69, 9.17) is 9.97 Å². The lowest BCUT2D eigenvalue weighted by Crippen LogP contribution is -2.16. The number of aromatic nitrogens is 3. The van der Waals surface area contributed by atoms with Crippen LogP contribution in [0.25, 0.3) is 11.4 Å². The van der Waals surface area contributed by atoms with Gasteiger partial charge in [-0.1, -0.05) is 30.3 Å². The first-order valence-electron chi connectivity index (χ1n) is 9.55. The van der Waals surface area contributed by atoms with Gasteiger partial charge in [-0.05, 0) is 43.4 Å². The van der Waals surface area contributed by atoms with Crippen molar-refractivity contribution >= 4 is 5.82 Å². The van der Waals surface area contributed by atoms with Crippen molar-refractivity contribution in [2.45, 2.75) is 31.6 Å². The molecule has 1 unspecified atom stereocenters. The number of hydrogen-bond acceptors (Lipinski definition) is 5. The third-order valence-electron chi connectivity index (χ3n) is 5.14. The first-order chi connectivity index (χ1) is 13.3. The summed E-state index contributed by atoms with van der Waals surface area (Å²) >= 11 is 0. The van der Waals surface area contributed by atoms with Crippen molar-refractivity contribution in [3.8, 4) is 11.4 Å². The van der Waals surface area contributed by atoms with E-state index in [1.807, 2.05) is 30.3 Å². The molecule has 0 spiro atoms. The molecule has 0 saturated carbocycles. The predicted octanol–water partition coefficient (Wildman–Crippen LogP) is 3.61. The van der Waals surface area contributed by atoms with Crippen LogP contribution in [-0.2, 0) is 12.8 Å². The van der Waals surface area contributed by atoms with Crippen LogP contribution in [0.1, 0.15) is 35.6 Å². The number of fused-ring (bicyclic) bond motifs is 1. The smallest absolute Gasteiger partial charge is 0.161 e. The molecule has 0 bridgehead atoms. The summed E-state index contributed by atoms with van der Waals surface area (Å²) in [5, 5.41) is 13.0. The zero-order valence-electron chi connectivity index (χ0n) is 15.3. The van der Waals surface area contributed by atoms with E-state index in [1.54, 1.807) is 12.4 Å². The summed E-state index contributed by atoms with van der Waals surface area (Å²) < 4.78 is 0. The lowest BCUT2D eigenvalue weighted by Gasteiger charge is -2.19. The molecule has 1 aliphatic rings. The molecule has 0 fully saturated rings. The number of rotatable bonds is 7. The molecule has 2 aromatic heterocycles. The molecule has 0 radical (unpaired) electrons. The molecule has 1 atom stereocenters. The molecule has 2 heterocycles. The minimum Gasteiger partial charge on any atom is -0.396 e. The topological polar surface area (TPSA) is 70.9 Å². The highest BCUT2D eigenvalue weighted by atomic mass is 16.3.